The summed E-state index contributed by atoms with van der Waals surface area (Å²) in [5, 5.41) is 9.34. The first-order chi connectivity index (χ1) is 9.95. The van der Waals surface area contributed by atoms with Gasteiger partial charge in [-0.2, -0.15) is 0 Å². The van der Waals surface area contributed by atoms with Gasteiger partial charge in [-0.15, -0.1) is 0 Å². The van der Waals surface area contributed by atoms with E-state index in [1.54, 1.807) is 7.05 Å². The number of carbonyl (C=O) groups excluding carboxylic acids is 1. The molecule has 0 aliphatic heterocycles. The molecule has 6 nitrogen and oxygen atoms in total. The highest BCUT2D eigenvalue weighted by atomic mass is 16.6. The van der Waals surface area contributed by atoms with E-state index in [2.05, 4.69) is 34.8 Å². The molecule has 1 amide bonds. The predicted octanol–water partition coefficient (Wildman–Crippen LogP) is 2.50. The van der Waals surface area contributed by atoms with Crippen LogP contribution < -0.4 is 16.0 Å². The second-order valence-corrected chi connectivity index (χ2v) is 7.55. The molecule has 130 valence electrons. The quantitative estimate of drug-likeness (QED) is 0.520. The van der Waals surface area contributed by atoms with Gasteiger partial charge in [-0.25, -0.2) is 4.79 Å². The van der Waals surface area contributed by atoms with Gasteiger partial charge < -0.3 is 20.7 Å². The zero-order valence-electron chi connectivity index (χ0n) is 15.5. The number of alkyl carbamates (subject to hydrolysis) is 1. The van der Waals surface area contributed by atoms with Gasteiger partial charge in [0.2, 0.25) is 0 Å². The van der Waals surface area contributed by atoms with Crippen LogP contribution in [0.4, 0.5) is 4.79 Å². The lowest BCUT2D eigenvalue weighted by Gasteiger charge is -2.29. The minimum Gasteiger partial charge on any atom is -0.444 e. The molecule has 0 aromatic rings. The molecule has 0 atom stereocenters. The lowest BCUT2D eigenvalue weighted by molar-refractivity contribution is 0.0474. The van der Waals surface area contributed by atoms with Crippen LogP contribution in [0.3, 0.4) is 0 Å². The van der Waals surface area contributed by atoms with E-state index >= 15 is 0 Å². The summed E-state index contributed by atoms with van der Waals surface area (Å²) in [7, 11) is 1.74. The number of nitrogens with zero attached hydrogens (tertiary/aromatic N) is 1. The Bertz CT molecular complexity index is 371. The molecule has 22 heavy (non-hydrogen) atoms. The van der Waals surface area contributed by atoms with Gasteiger partial charge in [0.15, 0.2) is 5.96 Å². The maximum absolute atomic E-state index is 11.8. The molecule has 0 rings (SSSR count). The van der Waals surface area contributed by atoms with E-state index in [0.29, 0.717) is 12.5 Å². The van der Waals surface area contributed by atoms with Gasteiger partial charge in [0.25, 0.3) is 0 Å². The summed E-state index contributed by atoms with van der Waals surface area (Å²) in [6.07, 6.45) is 0.669. The lowest BCUT2D eigenvalue weighted by Crippen LogP contribution is -2.54. The van der Waals surface area contributed by atoms with Crippen LogP contribution >= 0.6 is 0 Å². The van der Waals surface area contributed by atoms with Crippen LogP contribution in [0, 0.1) is 5.92 Å². The zero-order chi connectivity index (χ0) is 17.4. The van der Waals surface area contributed by atoms with E-state index < -0.39 is 17.2 Å². The summed E-state index contributed by atoms with van der Waals surface area (Å²) < 4.78 is 5.27. The van der Waals surface area contributed by atoms with Crippen molar-refractivity contribution in [2.75, 3.05) is 20.1 Å². The Balaban J connectivity index is 4.26. The van der Waals surface area contributed by atoms with Crippen molar-refractivity contribution in [2.45, 2.75) is 66.0 Å². The summed E-state index contributed by atoms with van der Waals surface area (Å²) in [4.78, 5) is 16.0. The maximum atomic E-state index is 11.8. The molecule has 0 fully saturated rings. The first kappa shape index (κ1) is 20.5. The monoisotopic (exact) mass is 314 g/mol. The van der Waals surface area contributed by atoms with E-state index in [-0.39, 0.29) is 0 Å². The number of hydrogen-bond donors (Lipinski definition) is 3. The number of nitrogens with one attached hydrogen (secondary N) is 3. The molecule has 0 aromatic carbocycles. The summed E-state index contributed by atoms with van der Waals surface area (Å²) >= 11 is 0. The fourth-order valence-corrected chi connectivity index (χ4v) is 1.63. The van der Waals surface area contributed by atoms with Gasteiger partial charge in [0.1, 0.15) is 5.60 Å². The molecule has 0 saturated heterocycles. The number of carbonyl (C=O) groups is 1. The first-order valence-corrected chi connectivity index (χ1v) is 7.91. The molecule has 0 aliphatic rings. The lowest BCUT2D eigenvalue weighted by atomic mass is 10.1. The third kappa shape index (κ3) is 11.2. The van der Waals surface area contributed by atoms with Gasteiger partial charge in [-0.3, -0.25) is 4.99 Å². The van der Waals surface area contributed by atoms with Crippen molar-refractivity contribution >= 4 is 12.1 Å². The van der Waals surface area contributed by atoms with Gasteiger partial charge in [-0.1, -0.05) is 13.8 Å². The molecule has 0 saturated carbocycles. The van der Waals surface area contributed by atoms with Crippen LogP contribution in [0.1, 0.15) is 54.9 Å². The summed E-state index contributed by atoms with van der Waals surface area (Å²) in [5.41, 5.74) is -0.944. The minimum absolute atomic E-state index is 0.415. The smallest absolute Gasteiger partial charge is 0.408 e. The highest BCUT2D eigenvalue weighted by Crippen LogP contribution is 2.09. The highest BCUT2D eigenvalue weighted by Gasteiger charge is 2.24. The Kier molecular flexibility index (Phi) is 8.27. The average molecular weight is 314 g/mol. The van der Waals surface area contributed by atoms with Crippen molar-refractivity contribution in [3.05, 3.63) is 0 Å². The summed E-state index contributed by atoms with van der Waals surface area (Å²) in [6.45, 7) is 15.2. The molecule has 3 N–H and O–H groups in total. The minimum atomic E-state index is -0.498. The van der Waals surface area contributed by atoms with E-state index in [0.717, 1.165) is 18.9 Å². The Morgan fingerprint density at radius 1 is 1.14 bits per heavy atom. The number of hydrogen-bond acceptors (Lipinski definition) is 3. The molecule has 0 spiro atoms. The fraction of sp³-hybridized carbons (Fsp3) is 0.875. The molecule has 0 radical (unpaired) electrons. The second kappa shape index (κ2) is 8.86. The van der Waals surface area contributed by atoms with Crippen molar-refractivity contribution < 1.29 is 9.53 Å². The second-order valence-electron chi connectivity index (χ2n) is 7.55. The van der Waals surface area contributed by atoms with Crippen molar-refractivity contribution in [1.82, 2.24) is 16.0 Å². The van der Waals surface area contributed by atoms with Crippen LogP contribution in [-0.4, -0.2) is 43.3 Å². The van der Waals surface area contributed by atoms with Crippen molar-refractivity contribution in [2.24, 2.45) is 10.9 Å². The molecular weight excluding hydrogens is 280 g/mol. The fourth-order valence-electron chi connectivity index (χ4n) is 1.63. The number of amides is 1. The van der Waals surface area contributed by atoms with Crippen molar-refractivity contribution in [3.63, 3.8) is 0 Å². The van der Waals surface area contributed by atoms with Crippen LogP contribution in [0.2, 0.25) is 0 Å². The molecule has 0 bridgehead atoms. The summed E-state index contributed by atoms with van der Waals surface area (Å²) in [6, 6.07) is 0. The van der Waals surface area contributed by atoms with E-state index in [4.69, 9.17) is 4.74 Å². The number of rotatable bonds is 6. The summed E-state index contributed by atoms with van der Waals surface area (Å²) in [5.74, 6) is 1.38. The number of aliphatic imine (C=N–C) groups is 1. The normalized spacial score (nSPS) is 13.0. The predicted molar refractivity (Wildman–Crippen MR) is 92.3 cm³/mol. The Morgan fingerprint density at radius 3 is 2.18 bits per heavy atom. The standard InChI is InChI=1S/C16H34N4O2/c1-12(2)9-10-18-13(17-8)19-11-16(6,7)20-14(21)22-15(3,4)5/h12H,9-11H2,1-8H3,(H,20,21)(H2,17,18,19). The van der Waals surface area contributed by atoms with Gasteiger partial charge in [0.05, 0.1) is 5.54 Å². The SMILES string of the molecule is CN=C(NCCC(C)C)NCC(C)(C)NC(=O)OC(C)(C)C. The maximum Gasteiger partial charge on any atom is 0.408 e. The van der Waals surface area contributed by atoms with Crippen LogP contribution in [-0.2, 0) is 4.74 Å². The number of ether oxygens (including phenoxy) is 1. The third-order valence-corrected chi connectivity index (χ3v) is 2.77. The molecule has 0 aromatic heterocycles. The third-order valence-electron chi connectivity index (χ3n) is 2.77. The van der Waals surface area contributed by atoms with Crippen LogP contribution in [0.15, 0.2) is 4.99 Å². The topological polar surface area (TPSA) is 74.8 Å². The molecule has 0 unspecified atom stereocenters. The van der Waals surface area contributed by atoms with Crippen LogP contribution in [0.25, 0.3) is 0 Å². The Hall–Kier alpha value is -1.46. The van der Waals surface area contributed by atoms with Gasteiger partial charge in [-0.05, 0) is 47.0 Å². The molecule has 0 aliphatic carbocycles. The highest BCUT2D eigenvalue weighted by molar-refractivity contribution is 5.79. The Labute approximate surface area is 135 Å². The zero-order valence-corrected chi connectivity index (χ0v) is 15.5. The largest absolute Gasteiger partial charge is 0.444 e. The number of guanidine groups is 1. The Morgan fingerprint density at radius 2 is 1.73 bits per heavy atom. The van der Waals surface area contributed by atoms with E-state index in [1.165, 1.54) is 0 Å². The molecule has 6 heteroatoms. The van der Waals surface area contributed by atoms with Crippen molar-refractivity contribution in [1.29, 1.82) is 0 Å². The average Bonchev–Trinajstić information content (AvgIpc) is 2.29. The van der Waals surface area contributed by atoms with Crippen LogP contribution in [0.5, 0.6) is 0 Å². The van der Waals surface area contributed by atoms with Crippen molar-refractivity contribution in [3.8, 4) is 0 Å². The first-order valence-electron chi connectivity index (χ1n) is 7.91. The van der Waals surface area contributed by atoms with E-state index in [9.17, 15) is 4.79 Å². The van der Waals surface area contributed by atoms with Gasteiger partial charge in [0, 0.05) is 20.1 Å². The molecule has 0 heterocycles. The molecular formula is C16H34N4O2. The van der Waals surface area contributed by atoms with Gasteiger partial charge >= 0.3 is 6.09 Å². The van der Waals surface area contributed by atoms with E-state index in [1.807, 2.05) is 34.6 Å².